The molecule has 10 heteroatoms. The first-order valence-corrected chi connectivity index (χ1v) is 11.4. The number of likely N-dealkylation sites (N-methyl/N-ethyl adjacent to an activating group) is 1. The quantitative estimate of drug-likeness (QED) is 0.538. The van der Waals surface area contributed by atoms with E-state index in [1.54, 1.807) is 24.1 Å². The number of unbranched alkanes of at least 4 members (excludes halogenated alkanes) is 1. The number of amides is 1. The van der Waals surface area contributed by atoms with E-state index >= 15 is 0 Å². The van der Waals surface area contributed by atoms with E-state index in [9.17, 15) is 14.4 Å². The fourth-order valence-corrected chi connectivity index (χ4v) is 3.84. The van der Waals surface area contributed by atoms with Gasteiger partial charge in [0.15, 0.2) is 5.69 Å². The van der Waals surface area contributed by atoms with Crippen molar-refractivity contribution in [3.05, 3.63) is 54.6 Å². The molecule has 0 atom stereocenters. The molecule has 176 valence electrons. The smallest absolute Gasteiger partial charge is 0.330 e. The SMILES string of the molecule is CCCCN(C(=O)CN(C)Cc1ccc(Cl)cc1Cl)c1c(N)n(CC(C)C)c(=O)[nH]c1=O. The van der Waals surface area contributed by atoms with Crippen LogP contribution in [0.25, 0.3) is 0 Å². The van der Waals surface area contributed by atoms with Crippen LogP contribution in [0.15, 0.2) is 27.8 Å². The van der Waals surface area contributed by atoms with Gasteiger partial charge in [-0.2, -0.15) is 0 Å². The molecule has 0 fully saturated rings. The minimum absolute atomic E-state index is 0.000279. The Morgan fingerprint density at radius 3 is 2.53 bits per heavy atom. The summed E-state index contributed by atoms with van der Waals surface area (Å²) in [5, 5.41) is 1.05. The molecule has 1 amide bonds. The van der Waals surface area contributed by atoms with Gasteiger partial charge in [0.2, 0.25) is 5.91 Å². The zero-order valence-corrected chi connectivity index (χ0v) is 20.5. The molecule has 0 aliphatic rings. The third-order valence-electron chi connectivity index (χ3n) is 4.93. The molecule has 2 rings (SSSR count). The number of aromatic amines is 1. The van der Waals surface area contributed by atoms with E-state index in [1.165, 1.54) is 9.47 Å². The van der Waals surface area contributed by atoms with E-state index in [2.05, 4.69) is 4.98 Å². The first-order chi connectivity index (χ1) is 15.0. The number of hydrogen-bond acceptors (Lipinski definition) is 5. The minimum Gasteiger partial charge on any atom is -0.383 e. The normalized spacial score (nSPS) is 11.4. The Labute approximate surface area is 197 Å². The predicted molar refractivity (Wildman–Crippen MR) is 131 cm³/mol. The van der Waals surface area contributed by atoms with Gasteiger partial charge < -0.3 is 10.6 Å². The second-order valence-corrected chi connectivity index (χ2v) is 9.15. The number of halogens is 2. The molecule has 0 radical (unpaired) electrons. The highest BCUT2D eigenvalue weighted by molar-refractivity contribution is 6.35. The molecule has 0 bridgehead atoms. The van der Waals surface area contributed by atoms with Crippen molar-refractivity contribution in [1.29, 1.82) is 0 Å². The Kier molecular flexibility index (Phi) is 9.36. The Bertz CT molecular complexity index is 1060. The summed E-state index contributed by atoms with van der Waals surface area (Å²) in [7, 11) is 1.79. The van der Waals surface area contributed by atoms with E-state index in [-0.39, 0.29) is 29.9 Å². The number of hydrogen-bond donors (Lipinski definition) is 2. The summed E-state index contributed by atoms with van der Waals surface area (Å²) >= 11 is 12.2. The number of nitrogen functional groups attached to an aromatic ring is 1. The number of aromatic nitrogens is 2. The molecule has 0 saturated carbocycles. The highest BCUT2D eigenvalue weighted by Gasteiger charge is 2.25. The highest BCUT2D eigenvalue weighted by Crippen LogP contribution is 2.23. The van der Waals surface area contributed by atoms with Crippen LogP contribution in [0.3, 0.4) is 0 Å². The van der Waals surface area contributed by atoms with Crippen molar-refractivity contribution in [2.24, 2.45) is 5.92 Å². The maximum atomic E-state index is 13.2. The zero-order chi connectivity index (χ0) is 24.0. The summed E-state index contributed by atoms with van der Waals surface area (Å²) in [5.74, 6) is -0.165. The first kappa shape index (κ1) is 26.0. The van der Waals surface area contributed by atoms with Gasteiger partial charge in [-0.05, 0) is 37.1 Å². The number of carbonyl (C=O) groups is 1. The molecular formula is C22H31Cl2N5O3. The molecule has 2 aromatic rings. The molecule has 1 aromatic heterocycles. The van der Waals surface area contributed by atoms with Gasteiger partial charge in [0.25, 0.3) is 5.56 Å². The van der Waals surface area contributed by atoms with Crippen molar-refractivity contribution in [2.45, 2.75) is 46.7 Å². The summed E-state index contributed by atoms with van der Waals surface area (Å²) in [6.45, 7) is 6.97. The van der Waals surface area contributed by atoms with Crippen molar-refractivity contribution >= 4 is 40.6 Å². The van der Waals surface area contributed by atoms with E-state index in [0.717, 1.165) is 12.0 Å². The van der Waals surface area contributed by atoms with Crippen molar-refractivity contribution in [3.8, 4) is 0 Å². The zero-order valence-electron chi connectivity index (χ0n) is 19.0. The van der Waals surface area contributed by atoms with Crippen LogP contribution in [0, 0.1) is 5.92 Å². The van der Waals surface area contributed by atoms with Crippen molar-refractivity contribution in [1.82, 2.24) is 14.5 Å². The summed E-state index contributed by atoms with van der Waals surface area (Å²) in [5.41, 5.74) is 5.83. The lowest BCUT2D eigenvalue weighted by Gasteiger charge is -2.27. The van der Waals surface area contributed by atoms with Crippen LogP contribution in [-0.2, 0) is 17.9 Å². The highest BCUT2D eigenvalue weighted by atomic mass is 35.5. The Morgan fingerprint density at radius 1 is 1.25 bits per heavy atom. The van der Waals surface area contributed by atoms with Gasteiger partial charge in [0, 0.05) is 29.7 Å². The second kappa shape index (κ2) is 11.5. The number of benzene rings is 1. The van der Waals surface area contributed by atoms with Gasteiger partial charge in [-0.15, -0.1) is 0 Å². The van der Waals surface area contributed by atoms with E-state index < -0.39 is 11.2 Å². The molecule has 1 aromatic carbocycles. The van der Waals surface area contributed by atoms with Crippen LogP contribution >= 0.6 is 23.2 Å². The lowest BCUT2D eigenvalue weighted by Crippen LogP contribution is -2.45. The Hall–Kier alpha value is -2.29. The number of carbonyl (C=O) groups excluding carboxylic acids is 1. The predicted octanol–water partition coefficient (Wildman–Crippen LogP) is 3.35. The average Bonchev–Trinajstić information content (AvgIpc) is 2.69. The van der Waals surface area contributed by atoms with Gasteiger partial charge in [-0.25, -0.2) is 4.79 Å². The minimum atomic E-state index is -0.666. The van der Waals surface area contributed by atoms with Crippen LogP contribution in [0.5, 0.6) is 0 Å². The molecule has 0 saturated heterocycles. The third-order valence-corrected chi connectivity index (χ3v) is 5.52. The van der Waals surface area contributed by atoms with E-state index in [4.69, 9.17) is 28.9 Å². The maximum absolute atomic E-state index is 13.2. The standard InChI is InChI=1S/C22H31Cl2N5O3/c1-5-6-9-28(19-20(25)29(11-14(2)3)22(32)26-21(19)31)18(30)13-27(4)12-15-7-8-16(23)10-17(15)24/h7-8,10,14H,5-6,9,11-13,25H2,1-4H3,(H,26,31,32). The summed E-state index contributed by atoms with van der Waals surface area (Å²) in [6, 6.07) is 5.20. The van der Waals surface area contributed by atoms with Gasteiger partial charge in [-0.3, -0.25) is 24.0 Å². The van der Waals surface area contributed by atoms with Crippen molar-refractivity contribution < 1.29 is 4.79 Å². The van der Waals surface area contributed by atoms with Gasteiger partial charge >= 0.3 is 5.69 Å². The largest absolute Gasteiger partial charge is 0.383 e. The molecule has 3 N–H and O–H groups in total. The fraction of sp³-hybridized carbons (Fsp3) is 0.500. The van der Waals surface area contributed by atoms with Crippen LogP contribution in [0.2, 0.25) is 10.0 Å². The lowest BCUT2D eigenvalue weighted by atomic mass is 10.2. The average molecular weight is 484 g/mol. The Morgan fingerprint density at radius 2 is 1.94 bits per heavy atom. The number of H-pyrrole nitrogens is 1. The van der Waals surface area contributed by atoms with Crippen LogP contribution < -0.4 is 21.9 Å². The van der Waals surface area contributed by atoms with Crippen LogP contribution in [-0.4, -0.2) is 40.5 Å². The molecule has 0 aliphatic carbocycles. The molecule has 0 unspecified atom stereocenters. The van der Waals surface area contributed by atoms with E-state index in [0.29, 0.717) is 36.1 Å². The Balaban J connectivity index is 2.34. The molecular weight excluding hydrogens is 453 g/mol. The fourth-order valence-electron chi connectivity index (χ4n) is 3.37. The maximum Gasteiger partial charge on any atom is 0.330 e. The molecule has 8 nitrogen and oxygen atoms in total. The lowest BCUT2D eigenvalue weighted by molar-refractivity contribution is -0.119. The van der Waals surface area contributed by atoms with Crippen molar-refractivity contribution in [3.63, 3.8) is 0 Å². The van der Waals surface area contributed by atoms with Crippen LogP contribution in [0.4, 0.5) is 11.5 Å². The topological polar surface area (TPSA) is 104 Å². The monoisotopic (exact) mass is 483 g/mol. The second-order valence-electron chi connectivity index (χ2n) is 8.30. The molecule has 32 heavy (non-hydrogen) atoms. The number of nitrogens with one attached hydrogen (secondary N) is 1. The number of nitrogens with zero attached hydrogens (tertiary/aromatic N) is 3. The first-order valence-electron chi connectivity index (χ1n) is 10.6. The number of nitrogens with two attached hydrogens (primary N) is 1. The molecule has 0 aliphatic heterocycles. The van der Waals surface area contributed by atoms with Gasteiger partial charge in [0.1, 0.15) is 5.82 Å². The number of rotatable bonds is 10. The van der Waals surface area contributed by atoms with E-state index in [1.807, 2.05) is 26.8 Å². The summed E-state index contributed by atoms with van der Waals surface area (Å²) in [4.78, 5) is 43.7. The van der Waals surface area contributed by atoms with Crippen molar-refractivity contribution in [2.75, 3.05) is 30.8 Å². The summed E-state index contributed by atoms with van der Waals surface area (Å²) in [6.07, 6.45) is 1.50. The third kappa shape index (κ3) is 6.60. The van der Waals surface area contributed by atoms with Gasteiger partial charge in [-0.1, -0.05) is 56.5 Å². The van der Waals surface area contributed by atoms with Gasteiger partial charge in [0.05, 0.1) is 6.54 Å². The molecule has 1 heterocycles. The molecule has 0 spiro atoms. The summed E-state index contributed by atoms with van der Waals surface area (Å²) < 4.78 is 1.31. The van der Waals surface area contributed by atoms with Crippen LogP contribution in [0.1, 0.15) is 39.2 Å². The number of anilines is 2.